The van der Waals surface area contributed by atoms with Crippen LogP contribution in [0.1, 0.15) is 0 Å². The average Bonchev–Trinajstić information content (AvgIpc) is 1.84. The third kappa shape index (κ3) is 2.64. The minimum absolute atomic E-state index is 0.209. The number of amides is 1. The molecule has 0 rings (SSSR count). The van der Waals surface area contributed by atoms with Crippen molar-refractivity contribution in [3.8, 4) is 0 Å². The largest absolute Gasteiger partial charge is 0.356 e. The molecule has 0 aliphatic carbocycles. The molecule has 1 amide bonds. The Labute approximate surface area is 53.6 Å². The van der Waals surface area contributed by atoms with Crippen LogP contribution in [-0.4, -0.2) is 26.9 Å². The molecule has 0 saturated heterocycles. The lowest BCUT2D eigenvalue weighted by molar-refractivity contribution is 0.262. The Morgan fingerprint density at radius 2 is 2.38 bits per heavy atom. The summed E-state index contributed by atoms with van der Waals surface area (Å²) < 4.78 is 0. The summed E-state index contributed by atoms with van der Waals surface area (Å²) in [6.07, 6.45) is 0. The highest BCUT2D eigenvalue weighted by Gasteiger charge is 2.04. The zero-order chi connectivity index (χ0) is 6.57. The number of hydrogen-bond donors (Lipinski definition) is 1. The summed E-state index contributed by atoms with van der Waals surface area (Å²) in [6.45, 7) is 2.06. The zero-order valence-corrected chi connectivity index (χ0v) is 7.25. The van der Waals surface area contributed by atoms with E-state index in [1.165, 1.54) is 0 Å². The van der Waals surface area contributed by atoms with Gasteiger partial charge in [-0.15, -0.1) is 0 Å². The monoisotopic (exact) mass is 149 g/mol. The lowest BCUT2D eigenvalue weighted by atomic mass is 10.8. The van der Waals surface area contributed by atoms with Gasteiger partial charge in [-0.05, 0) is 14.2 Å². The van der Waals surface area contributed by atoms with Crippen molar-refractivity contribution in [3.63, 3.8) is 0 Å². The van der Waals surface area contributed by atoms with E-state index in [0.717, 1.165) is 8.27 Å². The Morgan fingerprint density at radius 3 is 2.50 bits per heavy atom. The van der Waals surface area contributed by atoms with Crippen molar-refractivity contribution in [3.05, 3.63) is 0 Å². The maximum absolute atomic E-state index is 10.7. The van der Waals surface area contributed by atoms with Gasteiger partial charge in [-0.3, -0.25) is 4.79 Å². The molecule has 0 bridgehead atoms. The Morgan fingerprint density at radius 1 is 1.88 bits per heavy atom. The van der Waals surface area contributed by atoms with Crippen LogP contribution in [0.4, 0.5) is 4.79 Å². The van der Waals surface area contributed by atoms with Crippen molar-refractivity contribution in [2.75, 3.05) is 13.7 Å². The summed E-state index contributed by atoms with van der Waals surface area (Å²) in [5.41, 5.74) is 0.209. The molecule has 0 aromatic carbocycles. The van der Waals surface area contributed by atoms with Gasteiger partial charge in [0.05, 0.1) is 0 Å². The molecular formula is C3H10BNOP2. The molecule has 0 aromatic heterocycles. The molecule has 8 heavy (non-hydrogen) atoms. The average molecular weight is 149 g/mol. The summed E-state index contributed by atoms with van der Waals surface area (Å²) in [5.74, 6) is 0. The third-order valence-corrected chi connectivity index (χ3v) is 4.98. The lowest BCUT2D eigenvalue weighted by Crippen LogP contribution is -2.11. The molecule has 2 unspecified atom stereocenters. The van der Waals surface area contributed by atoms with Crippen LogP contribution in [0.2, 0.25) is 0 Å². The first-order chi connectivity index (χ1) is 3.72. The summed E-state index contributed by atoms with van der Waals surface area (Å²) in [7, 11) is 4.08. The second kappa shape index (κ2) is 4.29. The Hall–Kier alpha value is 0.395. The van der Waals surface area contributed by atoms with Crippen LogP contribution in [0.5, 0.6) is 0 Å². The maximum Gasteiger partial charge on any atom is 0.235 e. The molecule has 0 fully saturated rings. The van der Waals surface area contributed by atoms with E-state index in [0.29, 0.717) is 0 Å². The van der Waals surface area contributed by atoms with Gasteiger partial charge in [0.1, 0.15) is 0 Å². The Bertz CT molecular complexity index is 89.4. The molecular weight excluding hydrogens is 139 g/mol. The number of carbonyl (C=O) groups is 1. The minimum Gasteiger partial charge on any atom is -0.356 e. The van der Waals surface area contributed by atoms with Crippen molar-refractivity contribution in [1.82, 2.24) is 5.32 Å². The quantitative estimate of drug-likeness (QED) is 0.451. The van der Waals surface area contributed by atoms with Crippen LogP contribution in [-0.2, 0) is 0 Å². The van der Waals surface area contributed by atoms with E-state index in [9.17, 15) is 4.79 Å². The fourth-order valence-electron chi connectivity index (χ4n) is 0.269. The summed E-state index contributed by atoms with van der Waals surface area (Å²) in [5, 5.41) is 2.61. The second-order valence-electron chi connectivity index (χ2n) is 1.34. The van der Waals surface area contributed by atoms with E-state index in [1.807, 2.05) is 7.57 Å². The molecule has 0 heterocycles. The van der Waals surface area contributed by atoms with Crippen LogP contribution in [0.25, 0.3) is 0 Å². The molecule has 46 valence electrons. The maximum atomic E-state index is 10.7. The Balaban J connectivity index is 3.46. The molecule has 5 heteroatoms. The highest BCUT2D eigenvalue weighted by Crippen LogP contribution is 2.48. The molecule has 0 spiro atoms. The van der Waals surface area contributed by atoms with Crippen LogP contribution >= 0.6 is 15.8 Å². The lowest BCUT2D eigenvalue weighted by Gasteiger charge is -2.04. The van der Waals surface area contributed by atoms with Crippen molar-refractivity contribution >= 4 is 29.0 Å². The van der Waals surface area contributed by atoms with Gasteiger partial charge in [0, 0.05) is 7.05 Å². The van der Waals surface area contributed by atoms with Crippen molar-refractivity contribution in [2.24, 2.45) is 0 Å². The standard InChI is InChI=1S/C3H10BNOP2/c1-5-3(6)8(4)7-2/h7H,4H2,1-2H3,(H,5,6). The van der Waals surface area contributed by atoms with Crippen molar-refractivity contribution in [1.29, 1.82) is 0 Å². The van der Waals surface area contributed by atoms with E-state index >= 15 is 0 Å². The van der Waals surface area contributed by atoms with Gasteiger partial charge in [0.25, 0.3) is 0 Å². The second-order valence-corrected chi connectivity index (χ2v) is 6.66. The first-order valence-electron chi connectivity index (χ1n) is 2.35. The van der Waals surface area contributed by atoms with Crippen LogP contribution in [0, 0.1) is 0 Å². The number of hydrogen-bond acceptors (Lipinski definition) is 1. The molecule has 0 radical (unpaired) electrons. The third-order valence-electron chi connectivity index (χ3n) is 0.854. The highest BCUT2D eigenvalue weighted by atomic mass is 32.0. The number of rotatable bonds is 2. The van der Waals surface area contributed by atoms with E-state index in [1.54, 1.807) is 7.05 Å². The number of nitrogens with one attached hydrogen (secondary N) is 1. The van der Waals surface area contributed by atoms with Gasteiger partial charge in [0.2, 0.25) is 5.65 Å². The van der Waals surface area contributed by atoms with Gasteiger partial charge in [-0.1, -0.05) is 8.27 Å². The van der Waals surface area contributed by atoms with Gasteiger partial charge < -0.3 is 5.32 Å². The van der Waals surface area contributed by atoms with Crippen molar-refractivity contribution in [2.45, 2.75) is 0 Å². The van der Waals surface area contributed by atoms with Gasteiger partial charge in [-0.2, -0.15) is 0 Å². The van der Waals surface area contributed by atoms with Crippen molar-refractivity contribution < 1.29 is 4.79 Å². The molecule has 0 aromatic rings. The van der Waals surface area contributed by atoms with E-state index in [-0.39, 0.29) is 13.1 Å². The minimum atomic E-state index is -0.362. The zero-order valence-electron chi connectivity index (χ0n) is 5.36. The first-order valence-corrected chi connectivity index (χ1v) is 6.48. The molecule has 0 aliphatic rings. The highest BCUT2D eigenvalue weighted by molar-refractivity contribution is 8.39. The summed E-state index contributed by atoms with van der Waals surface area (Å²) in [4.78, 5) is 10.7. The molecule has 0 aliphatic heterocycles. The predicted octanol–water partition coefficient (Wildman–Crippen LogP) is 0.579. The fraction of sp³-hybridized carbons (Fsp3) is 0.667. The van der Waals surface area contributed by atoms with E-state index in [4.69, 9.17) is 0 Å². The molecule has 1 N–H and O–H groups in total. The SMILES string of the molecule is BP(PC)C(=O)NC. The normalized spacial score (nSPS) is 14.2. The van der Waals surface area contributed by atoms with E-state index < -0.39 is 0 Å². The number of carbonyl (C=O) groups excluding carboxylic acids is 1. The predicted molar refractivity (Wildman–Crippen MR) is 44.2 cm³/mol. The van der Waals surface area contributed by atoms with Gasteiger partial charge in [-0.25, -0.2) is 0 Å². The van der Waals surface area contributed by atoms with Crippen LogP contribution in [0.3, 0.4) is 0 Å². The Kier molecular flexibility index (Phi) is 4.50. The van der Waals surface area contributed by atoms with E-state index in [2.05, 4.69) is 12.0 Å². The fourth-order valence-corrected chi connectivity index (χ4v) is 1.75. The van der Waals surface area contributed by atoms with Gasteiger partial charge in [0.15, 0.2) is 7.57 Å². The van der Waals surface area contributed by atoms with Crippen LogP contribution in [0.15, 0.2) is 0 Å². The molecule has 2 nitrogen and oxygen atoms in total. The van der Waals surface area contributed by atoms with Crippen LogP contribution < -0.4 is 5.32 Å². The first kappa shape index (κ1) is 8.39. The molecule has 0 saturated carbocycles. The molecule has 2 atom stereocenters. The summed E-state index contributed by atoms with van der Waals surface area (Å²) >= 11 is 0. The summed E-state index contributed by atoms with van der Waals surface area (Å²) in [6, 6.07) is 0. The topological polar surface area (TPSA) is 29.1 Å². The smallest absolute Gasteiger partial charge is 0.235 e. The van der Waals surface area contributed by atoms with Gasteiger partial charge >= 0.3 is 0 Å².